The maximum Gasteiger partial charge on any atom is 0.277 e. The summed E-state index contributed by atoms with van der Waals surface area (Å²) in [5.74, 6) is 0.411. The molecule has 1 amide bonds. The van der Waals surface area contributed by atoms with Gasteiger partial charge in [0, 0.05) is 17.7 Å². The third-order valence-corrected chi connectivity index (χ3v) is 6.10. The van der Waals surface area contributed by atoms with Gasteiger partial charge in [0.25, 0.3) is 5.22 Å². The summed E-state index contributed by atoms with van der Waals surface area (Å²) >= 11 is 2.55. The highest BCUT2D eigenvalue weighted by atomic mass is 32.2. The summed E-state index contributed by atoms with van der Waals surface area (Å²) in [4.78, 5) is 14.4. The zero-order chi connectivity index (χ0) is 21.6. The second-order valence-electron chi connectivity index (χ2n) is 6.58. The van der Waals surface area contributed by atoms with E-state index in [2.05, 4.69) is 27.0 Å². The number of aromatic nitrogens is 4. The summed E-state index contributed by atoms with van der Waals surface area (Å²) in [6.45, 7) is 6.10. The molecule has 0 aliphatic carbocycles. The Kier molecular flexibility index (Phi) is 6.54. The van der Waals surface area contributed by atoms with Gasteiger partial charge in [0.2, 0.25) is 16.9 Å². The molecule has 9 heteroatoms. The van der Waals surface area contributed by atoms with E-state index >= 15 is 0 Å². The van der Waals surface area contributed by atoms with Gasteiger partial charge in [-0.05, 0) is 19.1 Å². The molecule has 2 aromatic carbocycles. The number of nitrogens with zero attached hydrogens (tertiary/aromatic N) is 5. The summed E-state index contributed by atoms with van der Waals surface area (Å²) in [5, 5.41) is 18.2. The standard InChI is InChI=1S/C22H19N5O2S2/c1-3-13-27(21-25-24-20(31-21)17-7-5-4-6-8-17)18(28)14-30-22-26-23-19(29-22)16-11-9-15(2)10-12-16/h3-12H,1,13-14H2,2H3. The van der Waals surface area contributed by atoms with Crippen LogP contribution in [0.15, 0.2) is 76.9 Å². The van der Waals surface area contributed by atoms with Gasteiger partial charge in [0.1, 0.15) is 5.01 Å². The molecule has 2 heterocycles. The predicted molar refractivity (Wildman–Crippen MR) is 123 cm³/mol. The van der Waals surface area contributed by atoms with Crippen LogP contribution >= 0.6 is 23.1 Å². The van der Waals surface area contributed by atoms with Crippen LogP contribution in [0.3, 0.4) is 0 Å². The number of benzene rings is 2. The van der Waals surface area contributed by atoms with E-state index in [4.69, 9.17) is 4.42 Å². The number of thioether (sulfide) groups is 1. The lowest BCUT2D eigenvalue weighted by Gasteiger charge is -2.16. The van der Waals surface area contributed by atoms with Gasteiger partial charge in [-0.3, -0.25) is 9.69 Å². The maximum atomic E-state index is 12.9. The van der Waals surface area contributed by atoms with Crippen molar-refractivity contribution >= 4 is 34.1 Å². The van der Waals surface area contributed by atoms with Gasteiger partial charge in [-0.25, -0.2) is 0 Å². The minimum Gasteiger partial charge on any atom is -0.411 e. The van der Waals surface area contributed by atoms with Crippen molar-refractivity contribution in [1.82, 2.24) is 20.4 Å². The molecule has 0 saturated carbocycles. The SMILES string of the molecule is C=CCN(C(=O)CSc1nnc(-c2ccc(C)cc2)o1)c1nnc(-c2ccccc2)s1. The maximum absolute atomic E-state index is 12.9. The van der Waals surface area contributed by atoms with Gasteiger partial charge in [-0.1, -0.05) is 77.2 Å². The fraction of sp³-hybridized carbons (Fsp3) is 0.136. The second-order valence-corrected chi connectivity index (χ2v) is 8.46. The van der Waals surface area contributed by atoms with Crippen LogP contribution in [0.5, 0.6) is 0 Å². The first kappa shape index (κ1) is 21.0. The molecular weight excluding hydrogens is 430 g/mol. The fourth-order valence-corrected chi connectivity index (χ4v) is 4.24. The fourth-order valence-electron chi connectivity index (χ4n) is 2.72. The largest absolute Gasteiger partial charge is 0.411 e. The molecule has 2 aromatic heterocycles. The number of hydrogen-bond acceptors (Lipinski definition) is 8. The highest BCUT2D eigenvalue weighted by Crippen LogP contribution is 2.29. The summed E-state index contributed by atoms with van der Waals surface area (Å²) in [6, 6.07) is 17.6. The third-order valence-electron chi connectivity index (χ3n) is 4.30. The van der Waals surface area contributed by atoms with Gasteiger partial charge < -0.3 is 4.42 Å². The number of aryl methyl sites for hydroxylation is 1. The van der Waals surface area contributed by atoms with Gasteiger partial charge in [-0.2, -0.15) is 0 Å². The van der Waals surface area contributed by atoms with Crippen LogP contribution in [0.1, 0.15) is 5.56 Å². The number of anilines is 1. The van der Waals surface area contributed by atoms with Crippen molar-refractivity contribution in [1.29, 1.82) is 0 Å². The van der Waals surface area contributed by atoms with E-state index in [9.17, 15) is 4.79 Å². The molecule has 0 spiro atoms. The summed E-state index contributed by atoms with van der Waals surface area (Å²) in [5.41, 5.74) is 2.95. The number of carbonyl (C=O) groups is 1. The molecule has 0 unspecified atom stereocenters. The van der Waals surface area contributed by atoms with E-state index in [1.165, 1.54) is 23.1 Å². The van der Waals surface area contributed by atoms with Crippen LogP contribution < -0.4 is 4.90 Å². The van der Waals surface area contributed by atoms with Crippen molar-refractivity contribution in [3.63, 3.8) is 0 Å². The first-order chi connectivity index (χ1) is 15.1. The molecule has 4 aromatic rings. The normalized spacial score (nSPS) is 10.7. The highest BCUT2D eigenvalue weighted by Gasteiger charge is 2.21. The average molecular weight is 450 g/mol. The van der Waals surface area contributed by atoms with E-state index < -0.39 is 0 Å². The first-order valence-electron chi connectivity index (χ1n) is 9.47. The number of rotatable bonds is 8. The second kappa shape index (κ2) is 9.67. The van der Waals surface area contributed by atoms with Crippen molar-refractivity contribution in [2.45, 2.75) is 12.1 Å². The van der Waals surface area contributed by atoms with Crippen LogP contribution in [-0.4, -0.2) is 38.6 Å². The van der Waals surface area contributed by atoms with E-state index in [0.29, 0.717) is 22.8 Å². The predicted octanol–water partition coefficient (Wildman–Crippen LogP) is 4.87. The monoisotopic (exact) mass is 449 g/mol. The first-order valence-corrected chi connectivity index (χ1v) is 11.3. The molecular formula is C22H19N5O2S2. The van der Waals surface area contributed by atoms with E-state index in [-0.39, 0.29) is 11.7 Å². The number of hydrogen-bond donors (Lipinski definition) is 0. The smallest absolute Gasteiger partial charge is 0.277 e. The Bertz CT molecular complexity index is 1170. The minimum atomic E-state index is -0.143. The molecule has 0 radical (unpaired) electrons. The van der Waals surface area contributed by atoms with Gasteiger partial charge >= 0.3 is 0 Å². The molecule has 31 heavy (non-hydrogen) atoms. The molecule has 0 fully saturated rings. The molecule has 0 aliphatic rings. The molecule has 0 bridgehead atoms. The molecule has 156 valence electrons. The van der Waals surface area contributed by atoms with E-state index in [0.717, 1.165) is 21.7 Å². The molecule has 0 atom stereocenters. The van der Waals surface area contributed by atoms with Crippen molar-refractivity contribution < 1.29 is 9.21 Å². The Morgan fingerprint density at radius 2 is 1.84 bits per heavy atom. The lowest BCUT2D eigenvalue weighted by molar-refractivity contribution is -0.116. The Morgan fingerprint density at radius 3 is 2.58 bits per heavy atom. The van der Waals surface area contributed by atoms with Crippen molar-refractivity contribution in [3.05, 3.63) is 72.8 Å². The van der Waals surface area contributed by atoms with Crippen LogP contribution in [0.25, 0.3) is 22.0 Å². The lowest BCUT2D eigenvalue weighted by atomic mass is 10.1. The molecule has 0 N–H and O–H groups in total. The summed E-state index contributed by atoms with van der Waals surface area (Å²) in [7, 11) is 0. The zero-order valence-corrected chi connectivity index (χ0v) is 18.4. The van der Waals surface area contributed by atoms with Crippen molar-refractivity contribution in [2.24, 2.45) is 0 Å². The minimum absolute atomic E-state index is 0.129. The molecule has 0 saturated heterocycles. The molecule has 0 aliphatic heterocycles. The number of amides is 1. The lowest BCUT2D eigenvalue weighted by Crippen LogP contribution is -2.32. The zero-order valence-electron chi connectivity index (χ0n) is 16.8. The Hall–Kier alpha value is -3.30. The third kappa shape index (κ3) is 5.07. The molecule has 4 rings (SSSR count). The van der Waals surface area contributed by atoms with Crippen LogP contribution in [-0.2, 0) is 4.79 Å². The number of carbonyl (C=O) groups excluding carboxylic acids is 1. The van der Waals surface area contributed by atoms with Crippen LogP contribution in [0.2, 0.25) is 0 Å². The Balaban J connectivity index is 1.43. The highest BCUT2D eigenvalue weighted by molar-refractivity contribution is 7.99. The average Bonchev–Trinajstić information content (AvgIpc) is 3.47. The van der Waals surface area contributed by atoms with E-state index in [1.807, 2.05) is 61.5 Å². The summed E-state index contributed by atoms with van der Waals surface area (Å²) < 4.78 is 5.69. The Labute approximate surface area is 187 Å². The van der Waals surface area contributed by atoms with Gasteiger partial charge in [0.05, 0.1) is 5.75 Å². The van der Waals surface area contributed by atoms with Crippen molar-refractivity contribution in [3.8, 4) is 22.0 Å². The van der Waals surface area contributed by atoms with Crippen molar-refractivity contribution in [2.75, 3.05) is 17.2 Å². The Morgan fingerprint density at radius 1 is 1.06 bits per heavy atom. The quantitative estimate of drug-likeness (QED) is 0.280. The van der Waals surface area contributed by atoms with Crippen LogP contribution in [0.4, 0.5) is 5.13 Å². The topological polar surface area (TPSA) is 85.0 Å². The summed E-state index contributed by atoms with van der Waals surface area (Å²) in [6.07, 6.45) is 1.66. The van der Waals surface area contributed by atoms with Crippen LogP contribution in [0, 0.1) is 6.92 Å². The van der Waals surface area contributed by atoms with E-state index in [1.54, 1.807) is 11.0 Å². The van der Waals surface area contributed by atoms with Gasteiger partial charge in [0.15, 0.2) is 0 Å². The molecule has 7 nitrogen and oxygen atoms in total. The van der Waals surface area contributed by atoms with Gasteiger partial charge in [-0.15, -0.1) is 27.0 Å².